The molecule has 0 aromatic heterocycles. The molecule has 5 heteroatoms. The second-order valence-electron chi connectivity index (χ2n) is 5.00. The molecule has 0 bridgehead atoms. The predicted molar refractivity (Wildman–Crippen MR) is 63.6 cm³/mol. The number of carbonyl (C=O) groups excluding carboxylic acids is 1. The van der Waals surface area contributed by atoms with Crippen molar-refractivity contribution in [3.05, 3.63) is 0 Å². The van der Waals surface area contributed by atoms with Crippen LogP contribution in [0.3, 0.4) is 0 Å². The number of hydrogen-bond donors (Lipinski definition) is 2. The van der Waals surface area contributed by atoms with E-state index >= 15 is 0 Å². The van der Waals surface area contributed by atoms with E-state index in [4.69, 9.17) is 4.74 Å². The van der Waals surface area contributed by atoms with Gasteiger partial charge in [0.15, 0.2) is 0 Å². The molecule has 0 radical (unpaired) electrons. The number of aliphatic hydroxyl groups excluding tert-OH is 1. The summed E-state index contributed by atoms with van der Waals surface area (Å²) in [7, 11) is 0. The van der Waals surface area contributed by atoms with Crippen molar-refractivity contribution in [2.45, 2.75) is 44.8 Å². The topological polar surface area (TPSA) is 70.0 Å². The second-order valence-corrected chi connectivity index (χ2v) is 5.00. The molecule has 0 aromatic rings. The van der Waals surface area contributed by atoms with Crippen LogP contribution in [-0.2, 0) is 9.53 Å². The Morgan fingerprint density at radius 2 is 2.29 bits per heavy atom. The minimum atomic E-state index is -0.719. The van der Waals surface area contributed by atoms with Gasteiger partial charge in [0.2, 0.25) is 0 Å². The molecule has 2 unspecified atom stereocenters. The molecule has 2 N–H and O–H groups in total. The molecule has 1 heterocycles. The van der Waals surface area contributed by atoms with Crippen LogP contribution in [-0.4, -0.2) is 59.0 Å². The number of β-amino-alcohol motifs (C(OH)–C–C–N with tert-alkyl or cyclic N) is 2. The standard InChI is InChI=1S/C12H23NO4/c1-3-17-11(15)7-10(14)8-13-6-4-5-12(2,16)9-13/h10,14,16H,3-9H2,1-2H3. The molecule has 1 fully saturated rings. The van der Waals surface area contributed by atoms with Crippen molar-refractivity contribution in [2.75, 3.05) is 26.2 Å². The van der Waals surface area contributed by atoms with Gasteiger partial charge in [0.1, 0.15) is 0 Å². The van der Waals surface area contributed by atoms with E-state index in [1.807, 2.05) is 4.90 Å². The molecule has 0 amide bonds. The molecule has 1 rings (SSSR count). The molecule has 17 heavy (non-hydrogen) atoms. The van der Waals surface area contributed by atoms with Crippen LogP contribution in [0.15, 0.2) is 0 Å². The SMILES string of the molecule is CCOC(=O)CC(O)CN1CCCC(C)(O)C1. The normalized spacial score (nSPS) is 27.8. The van der Waals surface area contributed by atoms with Gasteiger partial charge in [-0.15, -0.1) is 0 Å². The molecule has 1 aliphatic heterocycles. The maximum atomic E-state index is 11.2. The minimum absolute atomic E-state index is 0.0203. The lowest BCUT2D eigenvalue weighted by molar-refractivity contribution is -0.145. The number of nitrogens with zero attached hydrogens (tertiary/aromatic N) is 1. The first-order chi connectivity index (χ1) is 7.93. The third kappa shape index (κ3) is 5.48. The van der Waals surface area contributed by atoms with Gasteiger partial charge in [-0.1, -0.05) is 0 Å². The predicted octanol–water partition coefficient (Wildman–Crippen LogP) is 0.147. The lowest BCUT2D eigenvalue weighted by Gasteiger charge is -2.37. The Morgan fingerprint density at radius 1 is 1.59 bits per heavy atom. The van der Waals surface area contributed by atoms with Crippen molar-refractivity contribution in [2.24, 2.45) is 0 Å². The highest BCUT2D eigenvalue weighted by Gasteiger charge is 2.29. The van der Waals surface area contributed by atoms with Crippen molar-refractivity contribution < 1.29 is 19.7 Å². The lowest BCUT2D eigenvalue weighted by Crippen LogP contribution is -2.48. The van der Waals surface area contributed by atoms with Crippen LogP contribution in [0.25, 0.3) is 0 Å². The lowest BCUT2D eigenvalue weighted by atomic mass is 9.95. The first-order valence-electron chi connectivity index (χ1n) is 6.21. The van der Waals surface area contributed by atoms with Crippen LogP contribution in [0.1, 0.15) is 33.1 Å². The molecular weight excluding hydrogens is 222 g/mol. The zero-order chi connectivity index (χ0) is 12.9. The number of aliphatic hydroxyl groups is 2. The monoisotopic (exact) mass is 245 g/mol. The van der Waals surface area contributed by atoms with Crippen LogP contribution >= 0.6 is 0 Å². The zero-order valence-corrected chi connectivity index (χ0v) is 10.7. The Morgan fingerprint density at radius 3 is 2.88 bits per heavy atom. The fourth-order valence-electron chi connectivity index (χ4n) is 2.25. The number of ether oxygens (including phenoxy) is 1. The first kappa shape index (κ1) is 14.4. The van der Waals surface area contributed by atoms with Gasteiger partial charge in [-0.2, -0.15) is 0 Å². The third-order valence-electron chi connectivity index (χ3n) is 2.93. The third-order valence-corrected chi connectivity index (χ3v) is 2.93. The Labute approximate surface area is 102 Å². The molecule has 1 aliphatic rings. The Bertz CT molecular complexity index is 255. The number of likely N-dealkylation sites (tertiary alicyclic amines) is 1. The highest BCUT2D eigenvalue weighted by molar-refractivity contribution is 5.69. The van der Waals surface area contributed by atoms with Gasteiger partial charge in [0.25, 0.3) is 0 Å². The summed E-state index contributed by atoms with van der Waals surface area (Å²) in [4.78, 5) is 13.2. The number of esters is 1. The smallest absolute Gasteiger partial charge is 0.308 e. The molecule has 1 saturated heterocycles. The van der Waals surface area contributed by atoms with Crippen molar-refractivity contribution in [3.8, 4) is 0 Å². The van der Waals surface area contributed by atoms with Crippen LogP contribution in [0.5, 0.6) is 0 Å². The fourth-order valence-corrected chi connectivity index (χ4v) is 2.25. The van der Waals surface area contributed by atoms with Crippen molar-refractivity contribution in [3.63, 3.8) is 0 Å². The number of piperidine rings is 1. The Balaban J connectivity index is 2.30. The Hall–Kier alpha value is -0.650. The quantitative estimate of drug-likeness (QED) is 0.675. The summed E-state index contributed by atoms with van der Waals surface area (Å²) < 4.78 is 4.78. The number of rotatable bonds is 5. The number of carbonyl (C=O) groups is 1. The zero-order valence-electron chi connectivity index (χ0n) is 10.7. The van der Waals surface area contributed by atoms with E-state index in [0.29, 0.717) is 19.7 Å². The van der Waals surface area contributed by atoms with Crippen LogP contribution < -0.4 is 0 Å². The van der Waals surface area contributed by atoms with Crippen LogP contribution in [0.4, 0.5) is 0 Å². The molecule has 5 nitrogen and oxygen atoms in total. The minimum Gasteiger partial charge on any atom is -0.466 e. The average molecular weight is 245 g/mol. The van der Waals surface area contributed by atoms with Gasteiger partial charge >= 0.3 is 5.97 Å². The van der Waals surface area contributed by atoms with Crippen molar-refractivity contribution in [1.82, 2.24) is 4.90 Å². The molecule has 0 aromatic carbocycles. The number of hydrogen-bond acceptors (Lipinski definition) is 5. The van der Waals surface area contributed by atoms with E-state index in [9.17, 15) is 15.0 Å². The summed E-state index contributed by atoms with van der Waals surface area (Å²) in [6, 6.07) is 0. The molecule has 0 saturated carbocycles. The van der Waals surface area contributed by atoms with E-state index in [2.05, 4.69) is 0 Å². The van der Waals surface area contributed by atoms with Crippen molar-refractivity contribution in [1.29, 1.82) is 0 Å². The summed E-state index contributed by atoms with van der Waals surface area (Å²) in [5, 5.41) is 19.7. The van der Waals surface area contributed by atoms with Crippen LogP contribution in [0.2, 0.25) is 0 Å². The molecule has 2 atom stereocenters. The van der Waals surface area contributed by atoms with Gasteiger partial charge in [-0.3, -0.25) is 9.69 Å². The van der Waals surface area contributed by atoms with E-state index in [1.54, 1.807) is 13.8 Å². The first-order valence-corrected chi connectivity index (χ1v) is 6.21. The summed E-state index contributed by atoms with van der Waals surface area (Å²) in [5.41, 5.74) is -0.679. The molecule has 100 valence electrons. The van der Waals surface area contributed by atoms with E-state index in [1.165, 1.54) is 0 Å². The largest absolute Gasteiger partial charge is 0.466 e. The maximum Gasteiger partial charge on any atom is 0.308 e. The second kappa shape index (κ2) is 6.33. The summed E-state index contributed by atoms with van der Waals surface area (Å²) in [5.74, 6) is -0.372. The maximum absolute atomic E-state index is 11.2. The fraction of sp³-hybridized carbons (Fsp3) is 0.917. The van der Waals surface area contributed by atoms with E-state index < -0.39 is 11.7 Å². The van der Waals surface area contributed by atoms with Gasteiger partial charge in [0.05, 0.1) is 24.7 Å². The molecule has 0 aliphatic carbocycles. The molecular formula is C12H23NO4. The molecule has 0 spiro atoms. The van der Waals surface area contributed by atoms with E-state index in [-0.39, 0.29) is 12.4 Å². The summed E-state index contributed by atoms with van der Waals surface area (Å²) in [6.07, 6.45) is 1.01. The van der Waals surface area contributed by atoms with Gasteiger partial charge < -0.3 is 14.9 Å². The summed E-state index contributed by atoms with van der Waals surface area (Å²) >= 11 is 0. The average Bonchev–Trinajstić information content (AvgIpc) is 2.15. The highest BCUT2D eigenvalue weighted by atomic mass is 16.5. The van der Waals surface area contributed by atoms with Gasteiger partial charge in [-0.05, 0) is 33.2 Å². The van der Waals surface area contributed by atoms with Crippen molar-refractivity contribution >= 4 is 5.97 Å². The van der Waals surface area contributed by atoms with Gasteiger partial charge in [0, 0.05) is 13.1 Å². The summed E-state index contributed by atoms with van der Waals surface area (Å²) in [6.45, 7) is 5.70. The Kier molecular flexibility index (Phi) is 5.36. The van der Waals surface area contributed by atoms with Crippen LogP contribution in [0, 0.1) is 0 Å². The van der Waals surface area contributed by atoms with E-state index in [0.717, 1.165) is 19.4 Å². The van der Waals surface area contributed by atoms with Gasteiger partial charge in [-0.25, -0.2) is 0 Å². The highest BCUT2D eigenvalue weighted by Crippen LogP contribution is 2.20.